The fourth-order valence-corrected chi connectivity index (χ4v) is 2.36. The smallest absolute Gasteiger partial charge is 0.418 e. The Morgan fingerprint density at radius 3 is 2.16 bits per heavy atom. The molecule has 0 atom stereocenters. The largest absolute Gasteiger partial charge is 0.497 e. The van der Waals surface area contributed by atoms with Gasteiger partial charge in [0.15, 0.2) is 0 Å². The molecule has 0 aliphatic heterocycles. The third-order valence-corrected chi connectivity index (χ3v) is 3.72. The van der Waals surface area contributed by atoms with Gasteiger partial charge < -0.3 is 15.4 Å². The summed E-state index contributed by atoms with van der Waals surface area (Å²) in [5.74, 6) is 0.670. The monoisotopic (exact) mass is 352 g/mol. The molecule has 2 aromatic carbocycles. The number of ether oxygens (including phenoxy) is 1. The van der Waals surface area contributed by atoms with Crippen LogP contribution in [0.25, 0.3) is 0 Å². The first-order chi connectivity index (χ1) is 11.6. The number of carbonyl (C=O) groups is 1. The van der Waals surface area contributed by atoms with Crippen LogP contribution in [0.4, 0.5) is 23.7 Å². The van der Waals surface area contributed by atoms with Gasteiger partial charge in [-0.05, 0) is 43.7 Å². The summed E-state index contributed by atoms with van der Waals surface area (Å²) in [6.07, 6.45) is -4.55. The zero-order valence-electron chi connectivity index (χ0n) is 14.1. The van der Waals surface area contributed by atoms with Gasteiger partial charge in [-0.1, -0.05) is 24.3 Å². The maximum Gasteiger partial charge on any atom is 0.418 e. The highest BCUT2D eigenvalue weighted by Gasteiger charge is 2.34. The van der Waals surface area contributed by atoms with Gasteiger partial charge in [-0.25, -0.2) is 4.79 Å². The molecule has 7 heteroatoms. The summed E-state index contributed by atoms with van der Waals surface area (Å²) in [4.78, 5) is 12.2. The molecule has 0 heterocycles. The molecule has 2 rings (SSSR count). The molecule has 2 aromatic rings. The van der Waals surface area contributed by atoms with Gasteiger partial charge in [-0.2, -0.15) is 13.2 Å². The number of benzene rings is 2. The van der Waals surface area contributed by atoms with E-state index in [0.717, 1.165) is 11.6 Å². The summed E-state index contributed by atoms with van der Waals surface area (Å²) in [5, 5.41) is 4.95. The number of alkyl halides is 3. The molecule has 0 saturated carbocycles. The van der Waals surface area contributed by atoms with Crippen molar-refractivity contribution in [1.29, 1.82) is 0 Å². The zero-order chi connectivity index (χ0) is 18.7. The maximum atomic E-state index is 13.0. The molecule has 2 amide bonds. The molecule has 25 heavy (non-hydrogen) atoms. The van der Waals surface area contributed by atoms with E-state index in [1.54, 1.807) is 45.2 Å². The van der Waals surface area contributed by atoms with Crippen molar-refractivity contribution in [3.8, 4) is 5.75 Å². The Balaban J connectivity index is 2.14. The van der Waals surface area contributed by atoms with Gasteiger partial charge in [0.25, 0.3) is 0 Å². The highest BCUT2D eigenvalue weighted by Crippen LogP contribution is 2.34. The van der Waals surface area contributed by atoms with Crippen molar-refractivity contribution in [3.63, 3.8) is 0 Å². The van der Waals surface area contributed by atoms with Crippen LogP contribution in [0.2, 0.25) is 0 Å². The van der Waals surface area contributed by atoms with Crippen molar-refractivity contribution >= 4 is 11.7 Å². The van der Waals surface area contributed by atoms with Gasteiger partial charge >= 0.3 is 12.2 Å². The van der Waals surface area contributed by atoms with Crippen LogP contribution in [0.5, 0.6) is 5.75 Å². The Kier molecular flexibility index (Phi) is 5.25. The Labute approximate surface area is 144 Å². The van der Waals surface area contributed by atoms with Crippen LogP contribution in [0.1, 0.15) is 25.0 Å². The molecule has 134 valence electrons. The second-order valence-electron chi connectivity index (χ2n) is 5.98. The molecule has 0 radical (unpaired) electrons. The van der Waals surface area contributed by atoms with E-state index in [4.69, 9.17) is 4.74 Å². The van der Waals surface area contributed by atoms with Gasteiger partial charge in [-0.3, -0.25) is 0 Å². The van der Waals surface area contributed by atoms with Crippen molar-refractivity contribution in [2.45, 2.75) is 25.6 Å². The van der Waals surface area contributed by atoms with Crippen LogP contribution in [-0.2, 0) is 11.7 Å². The first-order valence-electron chi connectivity index (χ1n) is 7.53. The lowest BCUT2D eigenvalue weighted by Crippen LogP contribution is -2.43. The number of amides is 2. The van der Waals surface area contributed by atoms with Crippen LogP contribution >= 0.6 is 0 Å². The number of hydrogen-bond donors (Lipinski definition) is 2. The first-order valence-corrected chi connectivity index (χ1v) is 7.53. The summed E-state index contributed by atoms with van der Waals surface area (Å²) in [6.45, 7) is 3.51. The molecular weight excluding hydrogens is 333 g/mol. The number of para-hydroxylation sites is 1. The second kappa shape index (κ2) is 7.04. The van der Waals surface area contributed by atoms with Crippen molar-refractivity contribution in [3.05, 3.63) is 59.7 Å². The number of rotatable bonds is 4. The molecule has 0 spiro atoms. The molecule has 0 bridgehead atoms. The molecule has 4 nitrogen and oxygen atoms in total. The number of carbonyl (C=O) groups excluding carboxylic acids is 1. The number of halogens is 3. The fourth-order valence-electron chi connectivity index (χ4n) is 2.36. The topological polar surface area (TPSA) is 50.4 Å². The molecule has 0 unspecified atom stereocenters. The molecule has 0 aromatic heterocycles. The van der Waals surface area contributed by atoms with E-state index in [0.29, 0.717) is 5.75 Å². The average Bonchev–Trinajstić information content (AvgIpc) is 2.54. The normalized spacial score (nSPS) is 11.8. The molecular formula is C18H19F3N2O2. The number of methoxy groups -OCH3 is 1. The van der Waals surface area contributed by atoms with E-state index < -0.39 is 23.3 Å². The van der Waals surface area contributed by atoms with Crippen LogP contribution in [0.15, 0.2) is 48.5 Å². The average molecular weight is 352 g/mol. The fraction of sp³-hybridized carbons (Fsp3) is 0.278. The van der Waals surface area contributed by atoms with Crippen LogP contribution < -0.4 is 15.4 Å². The molecule has 0 aliphatic rings. The lowest BCUT2D eigenvalue weighted by atomic mass is 9.94. The molecule has 0 saturated heterocycles. The summed E-state index contributed by atoms with van der Waals surface area (Å²) in [5.41, 5.74) is -1.19. The van der Waals surface area contributed by atoms with E-state index in [1.807, 2.05) is 0 Å². The van der Waals surface area contributed by atoms with E-state index in [-0.39, 0.29) is 5.69 Å². The van der Waals surface area contributed by atoms with Gasteiger partial charge in [0.05, 0.1) is 23.9 Å². The maximum absolute atomic E-state index is 13.0. The predicted molar refractivity (Wildman–Crippen MR) is 89.6 cm³/mol. The van der Waals surface area contributed by atoms with Crippen molar-refractivity contribution < 1.29 is 22.7 Å². The van der Waals surface area contributed by atoms with Gasteiger partial charge in [0, 0.05) is 0 Å². The number of urea groups is 1. The SMILES string of the molecule is COc1ccc(C(C)(C)NC(=O)Nc2ccccc2C(F)(F)F)cc1. The zero-order valence-corrected chi connectivity index (χ0v) is 14.1. The van der Waals surface area contributed by atoms with E-state index in [9.17, 15) is 18.0 Å². The first kappa shape index (κ1) is 18.6. The van der Waals surface area contributed by atoms with Crippen molar-refractivity contribution in [2.75, 3.05) is 12.4 Å². The van der Waals surface area contributed by atoms with Crippen LogP contribution in [0, 0.1) is 0 Å². The summed E-state index contributed by atoms with van der Waals surface area (Å²) >= 11 is 0. The quantitative estimate of drug-likeness (QED) is 0.833. The van der Waals surface area contributed by atoms with E-state index >= 15 is 0 Å². The lowest BCUT2D eigenvalue weighted by molar-refractivity contribution is -0.136. The Morgan fingerprint density at radius 1 is 1.00 bits per heavy atom. The van der Waals surface area contributed by atoms with Crippen molar-refractivity contribution in [2.24, 2.45) is 0 Å². The predicted octanol–water partition coefficient (Wildman–Crippen LogP) is 4.77. The van der Waals surface area contributed by atoms with E-state index in [2.05, 4.69) is 10.6 Å². The summed E-state index contributed by atoms with van der Waals surface area (Å²) < 4.78 is 44.0. The minimum Gasteiger partial charge on any atom is -0.497 e. The second-order valence-corrected chi connectivity index (χ2v) is 5.98. The highest BCUT2D eigenvalue weighted by molar-refractivity contribution is 5.90. The van der Waals surface area contributed by atoms with E-state index in [1.165, 1.54) is 18.2 Å². The number of hydrogen-bond acceptors (Lipinski definition) is 2. The number of nitrogens with one attached hydrogen (secondary N) is 2. The summed E-state index contributed by atoms with van der Waals surface area (Å²) in [7, 11) is 1.55. The summed E-state index contributed by atoms with van der Waals surface area (Å²) in [6, 6.07) is 11.2. The minimum atomic E-state index is -4.55. The Morgan fingerprint density at radius 2 is 1.60 bits per heavy atom. The Bertz CT molecular complexity index is 741. The van der Waals surface area contributed by atoms with Crippen molar-refractivity contribution in [1.82, 2.24) is 5.32 Å². The minimum absolute atomic E-state index is 0.293. The van der Waals surface area contributed by atoms with Gasteiger partial charge in [0.1, 0.15) is 5.75 Å². The molecule has 0 aliphatic carbocycles. The molecule has 0 fully saturated rings. The molecule has 2 N–H and O–H groups in total. The third-order valence-electron chi connectivity index (χ3n) is 3.72. The third kappa shape index (κ3) is 4.65. The van der Waals surface area contributed by atoms with Crippen LogP contribution in [-0.4, -0.2) is 13.1 Å². The Hall–Kier alpha value is -2.70. The van der Waals surface area contributed by atoms with Gasteiger partial charge in [-0.15, -0.1) is 0 Å². The van der Waals surface area contributed by atoms with Gasteiger partial charge in [0.2, 0.25) is 0 Å². The lowest BCUT2D eigenvalue weighted by Gasteiger charge is -2.27. The highest BCUT2D eigenvalue weighted by atomic mass is 19.4. The van der Waals surface area contributed by atoms with Crippen LogP contribution in [0.3, 0.4) is 0 Å². The standard InChI is InChI=1S/C18H19F3N2O2/c1-17(2,12-8-10-13(25-3)11-9-12)23-16(24)22-15-7-5-4-6-14(15)18(19,20)21/h4-11H,1-3H3,(H2,22,23,24). The number of anilines is 1.